The quantitative estimate of drug-likeness (QED) is 0.636. The van der Waals surface area contributed by atoms with Crippen molar-refractivity contribution < 1.29 is 13.9 Å². The molecular weight excluding hydrogens is 223 g/mol. The Morgan fingerprint density at radius 3 is 2.76 bits per heavy atom. The highest BCUT2D eigenvalue weighted by Crippen LogP contribution is 2.06. The second kappa shape index (κ2) is 5.43. The average molecular weight is 238 g/mol. The molecule has 1 amide bonds. The summed E-state index contributed by atoms with van der Waals surface area (Å²) < 4.78 is 17.8. The number of ether oxygens (including phenoxy) is 1. The number of carbonyl (C=O) groups excluding carboxylic acids is 1. The van der Waals surface area contributed by atoms with Crippen LogP contribution in [-0.2, 0) is 4.74 Å². The normalized spacial score (nSPS) is 11.5. The van der Waals surface area contributed by atoms with Gasteiger partial charge < -0.3 is 4.74 Å². The van der Waals surface area contributed by atoms with E-state index in [-0.39, 0.29) is 5.82 Å². The first-order chi connectivity index (χ1) is 7.87. The molecule has 0 saturated carbocycles. The number of halogens is 1. The number of hydrogen-bond acceptors (Lipinski definition) is 3. The van der Waals surface area contributed by atoms with Crippen molar-refractivity contribution >= 4 is 12.3 Å². The predicted octanol–water partition coefficient (Wildman–Crippen LogP) is 2.68. The van der Waals surface area contributed by atoms with Crippen LogP contribution in [0.5, 0.6) is 0 Å². The minimum absolute atomic E-state index is 0.355. The summed E-state index contributed by atoms with van der Waals surface area (Å²) >= 11 is 0. The van der Waals surface area contributed by atoms with Crippen LogP contribution in [0.3, 0.4) is 0 Å². The van der Waals surface area contributed by atoms with Gasteiger partial charge in [-0.2, -0.15) is 5.10 Å². The molecule has 0 aliphatic carbocycles. The van der Waals surface area contributed by atoms with Crippen LogP contribution in [0.4, 0.5) is 9.18 Å². The zero-order valence-electron chi connectivity index (χ0n) is 10.0. The number of benzene rings is 1. The van der Waals surface area contributed by atoms with E-state index in [0.29, 0.717) is 5.56 Å². The second-order valence-electron chi connectivity index (χ2n) is 4.43. The maximum atomic E-state index is 12.8. The number of hydrogen-bond donors (Lipinski definition) is 1. The van der Waals surface area contributed by atoms with Crippen LogP contribution < -0.4 is 5.43 Å². The first-order valence-electron chi connectivity index (χ1n) is 5.14. The Balaban J connectivity index is 2.48. The first-order valence-corrected chi connectivity index (χ1v) is 5.14. The monoisotopic (exact) mass is 238 g/mol. The third-order valence-corrected chi connectivity index (χ3v) is 1.62. The average Bonchev–Trinajstić information content (AvgIpc) is 2.14. The minimum Gasteiger partial charge on any atom is -0.443 e. The topological polar surface area (TPSA) is 50.7 Å². The summed E-state index contributed by atoms with van der Waals surface area (Å²) in [5.74, 6) is -0.355. The molecule has 92 valence electrons. The highest BCUT2D eigenvalue weighted by Gasteiger charge is 2.15. The zero-order chi connectivity index (χ0) is 12.9. The van der Waals surface area contributed by atoms with E-state index in [1.54, 1.807) is 32.9 Å². The van der Waals surface area contributed by atoms with Gasteiger partial charge in [-0.1, -0.05) is 12.1 Å². The molecule has 0 saturated heterocycles. The smallest absolute Gasteiger partial charge is 0.428 e. The maximum Gasteiger partial charge on any atom is 0.428 e. The van der Waals surface area contributed by atoms with Crippen molar-refractivity contribution in [3.63, 3.8) is 0 Å². The zero-order valence-corrected chi connectivity index (χ0v) is 10.0. The van der Waals surface area contributed by atoms with Crippen LogP contribution in [0.1, 0.15) is 26.3 Å². The lowest BCUT2D eigenvalue weighted by atomic mass is 10.2. The Hall–Kier alpha value is -1.91. The minimum atomic E-state index is -0.648. The molecule has 0 aliphatic heterocycles. The molecule has 1 aromatic carbocycles. The van der Waals surface area contributed by atoms with Crippen molar-refractivity contribution in [3.05, 3.63) is 35.6 Å². The van der Waals surface area contributed by atoms with Gasteiger partial charge in [0.2, 0.25) is 0 Å². The Kier molecular flexibility index (Phi) is 4.20. The van der Waals surface area contributed by atoms with Crippen LogP contribution in [0.15, 0.2) is 29.4 Å². The molecule has 0 spiro atoms. The fourth-order valence-electron chi connectivity index (χ4n) is 1.05. The van der Waals surface area contributed by atoms with Crippen LogP contribution in [0.25, 0.3) is 0 Å². The number of nitrogens with zero attached hydrogens (tertiary/aromatic N) is 1. The molecule has 1 rings (SSSR count). The molecule has 0 radical (unpaired) electrons. The summed E-state index contributed by atoms with van der Waals surface area (Å²) in [5, 5.41) is 3.65. The van der Waals surface area contributed by atoms with E-state index < -0.39 is 11.7 Å². The molecule has 0 heterocycles. The molecule has 4 nitrogen and oxygen atoms in total. The molecule has 0 aromatic heterocycles. The highest BCUT2D eigenvalue weighted by molar-refractivity contribution is 5.80. The van der Waals surface area contributed by atoms with Gasteiger partial charge in [0, 0.05) is 0 Å². The standard InChI is InChI=1S/C12H15FN2O2/c1-12(2,3)17-11(16)15-14-8-9-5-4-6-10(13)7-9/h4-8H,1-3H3,(H,15,16). The molecule has 0 aliphatic rings. The van der Waals surface area contributed by atoms with Crippen molar-refractivity contribution in [2.45, 2.75) is 26.4 Å². The van der Waals surface area contributed by atoms with E-state index in [1.807, 2.05) is 0 Å². The lowest BCUT2D eigenvalue weighted by Crippen LogP contribution is -2.29. The lowest BCUT2D eigenvalue weighted by molar-refractivity contribution is 0.0529. The summed E-state index contributed by atoms with van der Waals surface area (Å²) in [4.78, 5) is 11.2. The molecule has 0 bridgehead atoms. The molecule has 0 atom stereocenters. The molecule has 17 heavy (non-hydrogen) atoms. The number of carbonyl (C=O) groups is 1. The van der Waals surface area contributed by atoms with Gasteiger partial charge in [-0.3, -0.25) is 0 Å². The molecule has 0 fully saturated rings. The summed E-state index contributed by atoms with van der Waals surface area (Å²) in [6.07, 6.45) is 0.692. The van der Waals surface area contributed by atoms with Gasteiger partial charge >= 0.3 is 6.09 Å². The largest absolute Gasteiger partial charge is 0.443 e. The number of hydrazone groups is 1. The third kappa shape index (κ3) is 5.65. The Morgan fingerprint density at radius 1 is 1.47 bits per heavy atom. The number of rotatable bonds is 2. The van der Waals surface area contributed by atoms with E-state index in [9.17, 15) is 9.18 Å². The fourth-order valence-corrected chi connectivity index (χ4v) is 1.05. The Bertz CT molecular complexity index is 425. The molecule has 1 aromatic rings. The molecule has 1 N–H and O–H groups in total. The van der Waals surface area contributed by atoms with E-state index in [4.69, 9.17) is 4.74 Å². The number of amides is 1. The Labute approximate surface area is 99.5 Å². The van der Waals surface area contributed by atoms with Crippen molar-refractivity contribution in [2.75, 3.05) is 0 Å². The summed E-state index contributed by atoms with van der Waals surface area (Å²) in [6.45, 7) is 5.26. The fraction of sp³-hybridized carbons (Fsp3) is 0.333. The van der Waals surface area contributed by atoms with Crippen LogP contribution in [-0.4, -0.2) is 17.9 Å². The van der Waals surface area contributed by atoms with Crippen molar-refractivity contribution in [3.8, 4) is 0 Å². The predicted molar refractivity (Wildman–Crippen MR) is 63.4 cm³/mol. The van der Waals surface area contributed by atoms with Gasteiger partial charge in [0.15, 0.2) is 0 Å². The number of nitrogens with one attached hydrogen (secondary N) is 1. The molecular formula is C12H15FN2O2. The van der Waals surface area contributed by atoms with Gasteiger partial charge in [0.1, 0.15) is 11.4 Å². The SMILES string of the molecule is CC(C)(C)OC(=O)NN=Cc1cccc(F)c1. The molecule has 0 unspecified atom stereocenters. The van der Waals surface area contributed by atoms with Crippen molar-refractivity contribution in [1.82, 2.24) is 5.43 Å². The summed E-state index contributed by atoms with van der Waals surface area (Å²) in [6, 6.07) is 5.87. The van der Waals surface area contributed by atoms with Crippen LogP contribution in [0.2, 0.25) is 0 Å². The molecule has 5 heteroatoms. The third-order valence-electron chi connectivity index (χ3n) is 1.62. The van der Waals surface area contributed by atoms with Gasteiger partial charge in [0.25, 0.3) is 0 Å². The first kappa shape index (κ1) is 13.2. The van der Waals surface area contributed by atoms with Crippen molar-refractivity contribution in [1.29, 1.82) is 0 Å². The lowest BCUT2D eigenvalue weighted by Gasteiger charge is -2.18. The van der Waals surface area contributed by atoms with Gasteiger partial charge in [-0.15, -0.1) is 0 Å². The van der Waals surface area contributed by atoms with Gasteiger partial charge in [-0.25, -0.2) is 14.6 Å². The van der Waals surface area contributed by atoms with E-state index in [0.717, 1.165) is 0 Å². The second-order valence-corrected chi connectivity index (χ2v) is 4.43. The van der Waals surface area contributed by atoms with Gasteiger partial charge in [0.05, 0.1) is 6.21 Å². The summed E-state index contributed by atoms with van der Waals surface area (Å²) in [7, 11) is 0. The van der Waals surface area contributed by atoms with E-state index in [2.05, 4.69) is 10.5 Å². The van der Waals surface area contributed by atoms with Crippen LogP contribution >= 0.6 is 0 Å². The maximum absolute atomic E-state index is 12.8. The van der Waals surface area contributed by atoms with Crippen LogP contribution in [0, 0.1) is 5.82 Å². The highest BCUT2D eigenvalue weighted by atomic mass is 19.1. The van der Waals surface area contributed by atoms with E-state index in [1.165, 1.54) is 18.3 Å². The summed E-state index contributed by atoms with van der Waals surface area (Å²) in [5.41, 5.74) is 2.18. The van der Waals surface area contributed by atoms with E-state index >= 15 is 0 Å². The Morgan fingerprint density at radius 2 is 2.18 bits per heavy atom. The van der Waals surface area contributed by atoms with Crippen molar-refractivity contribution in [2.24, 2.45) is 5.10 Å². The van der Waals surface area contributed by atoms with Gasteiger partial charge in [-0.05, 0) is 38.5 Å².